The molecule has 0 bridgehead atoms. The van der Waals surface area contributed by atoms with Crippen molar-refractivity contribution in [2.75, 3.05) is 0 Å². The number of halogens is 2. The smallest absolute Gasteiger partial charge is 0.253 e. The van der Waals surface area contributed by atoms with Gasteiger partial charge in [0.15, 0.2) is 0 Å². The molecule has 1 aromatic rings. The second kappa shape index (κ2) is 3.65. The Morgan fingerprint density at radius 1 is 1.21 bits per heavy atom. The molecule has 2 rings (SSSR count). The van der Waals surface area contributed by atoms with Crippen molar-refractivity contribution in [1.29, 1.82) is 0 Å². The molecule has 0 amide bonds. The lowest BCUT2D eigenvalue weighted by atomic mass is 10.1. The van der Waals surface area contributed by atoms with E-state index in [9.17, 15) is 8.78 Å². The first kappa shape index (κ1) is 9.59. The van der Waals surface area contributed by atoms with Gasteiger partial charge in [0, 0.05) is 0 Å². The average molecular weight is 197 g/mol. The normalized spacial score (nSPS) is 27.7. The average Bonchev–Trinajstić information content (AvgIpc) is 2.97. The molecule has 3 atom stereocenters. The third-order valence-corrected chi connectivity index (χ3v) is 2.85. The van der Waals surface area contributed by atoms with Gasteiger partial charge in [-0.1, -0.05) is 30.3 Å². The summed E-state index contributed by atoms with van der Waals surface area (Å²) in [5, 5.41) is 0. The van der Waals surface area contributed by atoms with Gasteiger partial charge in [-0.2, -0.15) is 0 Å². The molecule has 0 aliphatic heterocycles. The molecule has 76 valence electrons. The minimum Gasteiger partial charge on any atom is -0.323 e. The lowest BCUT2D eigenvalue weighted by Crippen LogP contribution is -2.31. The predicted molar refractivity (Wildman–Crippen MR) is 51.3 cm³/mol. The number of benzene rings is 1. The SMILES string of the molecule is NC(C(F)F)C1CC1c1ccccc1. The van der Waals surface area contributed by atoms with Crippen LogP contribution < -0.4 is 5.73 Å². The number of alkyl halides is 2. The quantitative estimate of drug-likeness (QED) is 0.791. The molecule has 3 unspecified atom stereocenters. The van der Waals surface area contributed by atoms with E-state index < -0.39 is 12.5 Å². The third-order valence-electron chi connectivity index (χ3n) is 2.85. The van der Waals surface area contributed by atoms with Crippen LogP contribution in [0, 0.1) is 5.92 Å². The van der Waals surface area contributed by atoms with Gasteiger partial charge in [-0.15, -0.1) is 0 Å². The maximum absolute atomic E-state index is 12.3. The lowest BCUT2D eigenvalue weighted by Gasteiger charge is -2.09. The fourth-order valence-electron chi connectivity index (χ4n) is 1.91. The molecule has 14 heavy (non-hydrogen) atoms. The second-order valence-electron chi connectivity index (χ2n) is 3.83. The van der Waals surface area contributed by atoms with Crippen molar-refractivity contribution in [3.8, 4) is 0 Å². The summed E-state index contributed by atoms with van der Waals surface area (Å²) in [7, 11) is 0. The Hall–Kier alpha value is -0.960. The highest BCUT2D eigenvalue weighted by Gasteiger charge is 2.45. The summed E-state index contributed by atoms with van der Waals surface area (Å²) in [4.78, 5) is 0. The van der Waals surface area contributed by atoms with Crippen molar-refractivity contribution >= 4 is 0 Å². The van der Waals surface area contributed by atoms with Crippen LogP contribution in [0.15, 0.2) is 30.3 Å². The monoisotopic (exact) mass is 197 g/mol. The summed E-state index contributed by atoms with van der Waals surface area (Å²) >= 11 is 0. The maximum atomic E-state index is 12.3. The molecule has 1 saturated carbocycles. The van der Waals surface area contributed by atoms with E-state index in [0.717, 1.165) is 12.0 Å². The van der Waals surface area contributed by atoms with Gasteiger partial charge in [0.25, 0.3) is 6.43 Å². The van der Waals surface area contributed by atoms with Crippen molar-refractivity contribution in [2.24, 2.45) is 11.7 Å². The summed E-state index contributed by atoms with van der Waals surface area (Å²) in [6.07, 6.45) is -1.59. The van der Waals surface area contributed by atoms with Gasteiger partial charge in [0.2, 0.25) is 0 Å². The number of hydrogen-bond acceptors (Lipinski definition) is 1. The van der Waals surface area contributed by atoms with Gasteiger partial charge in [0.1, 0.15) is 0 Å². The van der Waals surface area contributed by atoms with E-state index >= 15 is 0 Å². The van der Waals surface area contributed by atoms with Gasteiger partial charge < -0.3 is 5.73 Å². The highest BCUT2D eigenvalue weighted by Crippen LogP contribution is 2.49. The first-order valence-electron chi connectivity index (χ1n) is 4.79. The highest BCUT2D eigenvalue weighted by molar-refractivity contribution is 5.26. The Bertz CT molecular complexity index is 299. The van der Waals surface area contributed by atoms with Crippen LogP contribution in [0.2, 0.25) is 0 Å². The second-order valence-corrected chi connectivity index (χ2v) is 3.83. The molecule has 0 radical (unpaired) electrons. The number of hydrogen-bond donors (Lipinski definition) is 1. The Morgan fingerprint density at radius 3 is 2.43 bits per heavy atom. The zero-order valence-corrected chi connectivity index (χ0v) is 7.74. The fourth-order valence-corrected chi connectivity index (χ4v) is 1.91. The van der Waals surface area contributed by atoms with Gasteiger partial charge in [-0.25, -0.2) is 8.78 Å². The van der Waals surface area contributed by atoms with Crippen molar-refractivity contribution < 1.29 is 8.78 Å². The van der Waals surface area contributed by atoms with Crippen molar-refractivity contribution in [3.63, 3.8) is 0 Å². The Labute approximate surface area is 81.9 Å². The van der Waals surface area contributed by atoms with Gasteiger partial charge in [-0.05, 0) is 23.8 Å². The van der Waals surface area contributed by atoms with Crippen LogP contribution >= 0.6 is 0 Å². The molecular weight excluding hydrogens is 184 g/mol. The standard InChI is InChI=1S/C11H13F2N/c12-11(13)10(14)9-6-8(9)7-4-2-1-3-5-7/h1-5,8-11H,6,14H2. The minimum atomic E-state index is -2.39. The number of nitrogens with two attached hydrogens (primary N) is 1. The van der Waals surface area contributed by atoms with E-state index in [4.69, 9.17) is 5.73 Å². The van der Waals surface area contributed by atoms with E-state index in [-0.39, 0.29) is 11.8 Å². The van der Waals surface area contributed by atoms with Gasteiger partial charge in [-0.3, -0.25) is 0 Å². The van der Waals surface area contributed by atoms with Crippen LogP contribution in [0.1, 0.15) is 17.9 Å². The van der Waals surface area contributed by atoms with E-state index in [1.165, 1.54) is 0 Å². The predicted octanol–water partition coefficient (Wildman–Crippen LogP) is 2.38. The fraction of sp³-hybridized carbons (Fsp3) is 0.455. The molecule has 3 heteroatoms. The molecule has 1 aliphatic rings. The summed E-state index contributed by atoms with van der Waals surface area (Å²) in [5.41, 5.74) is 6.53. The zero-order valence-electron chi connectivity index (χ0n) is 7.74. The molecule has 1 fully saturated rings. The Kier molecular flexibility index (Phi) is 2.50. The van der Waals surface area contributed by atoms with Crippen molar-refractivity contribution in [2.45, 2.75) is 24.8 Å². The lowest BCUT2D eigenvalue weighted by molar-refractivity contribution is 0.106. The van der Waals surface area contributed by atoms with Crippen molar-refractivity contribution in [3.05, 3.63) is 35.9 Å². The molecule has 0 aromatic heterocycles. The largest absolute Gasteiger partial charge is 0.323 e. The van der Waals surface area contributed by atoms with Crippen LogP contribution in [0.25, 0.3) is 0 Å². The molecule has 1 nitrogen and oxygen atoms in total. The topological polar surface area (TPSA) is 26.0 Å². The number of rotatable bonds is 3. The van der Waals surface area contributed by atoms with E-state index in [2.05, 4.69) is 0 Å². The third kappa shape index (κ3) is 1.77. The van der Waals surface area contributed by atoms with Gasteiger partial charge in [0.05, 0.1) is 6.04 Å². The summed E-state index contributed by atoms with van der Waals surface area (Å²) in [6, 6.07) is 8.77. The van der Waals surface area contributed by atoms with E-state index in [1.54, 1.807) is 0 Å². The molecular formula is C11H13F2N. The zero-order chi connectivity index (χ0) is 10.1. The van der Waals surface area contributed by atoms with Crippen LogP contribution in [-0.4, -0.2) is 12.5 Å². The molecule has 1 aromatic carbocycles. The van der Waals surface area contributed by atoms with Crippen LogP contribution in [-0.2, 0) is 0 Å². The van der Waals surface area contributed by atoms with Crippen LogP contribution in [0.3, 0.4) is 0 Å². The van der Waals surface area contributed by atoms with Crippen LogP contribution in [0.5, 0.6) is 0 Å². The van der Waals surface area contributed by atoms with E-state index in [0.29, 0.717) is 0 Å². The highest BCUT2D eigenvalue weighted by atomic mass is 19.3. The molecule has 0 spiro atoms. The van der Waals surface area contributed by atoms with E-state index in [1.807, 2.05) is 30.3 Å². The maximum Gasteiger partial charge on any atom is 0.253 e. The van der Waals surface area contributed by atoms with Crippen molar-refractivity contribution in [1.82, 2.24) is 0 Å². The summed E-state index contributed by atoms with van der Waals surface area (Å²) < 4.78 is 24.6. The van der Waals surface area contributed by atoms with Gasteiger partial charge >= 0.3 is 0 Å². The molecule has 0 heterocycles. The first-order valence-corrected chi connectivity index (χ1v) is 4.79. The molecule has 2 N–H and O–H groups in total. The first-order chi connectivity index (χ1) is 6.70. The Morgan fingerprint density at radius 2 is 1.86 bits per heavy atom. The minimum absolute atomic E-state index is 0.0302. The Balaban J connectivity index is 2.00. The molecule has 1 aliphatic carbocycles. The van der Waals surface area contributed by atoms with Crippen LogP contribution in [0.4, 0.5) is 8.78 Å². The summed E-state index contributed by atoms with van der Waals surface area (Å²) in [6.45, 7) is 0. The summed E-state index contributed by atoms with van der Waals surface area (Å²) in [5.74, 6) is 0.220. The molecule has 0 saturated heterocycles.